The molecule has 2 aromatic rings. The van der Waals surface area contributed by atoms with Crippen molar-refractivity contribution in [1.82, 2.24) is 5.32 Å². The number of aliphatic hydroxyl groups is 1. The second-order valence-electron chi connectivity index (χ2n) is 4.17. The number of amides is 1. The van der Waals surface area contributed by atoms with Gasteiger partial charge < -0.3 is 15.7 Å². The number of anilines is 1. The highest BCUT2D eigenvalue weighted by molar-refractivity contribution is 9.11. The Morgan fingerprint density at radius 1 is 1.30 bits per heavy atom. The van der Waals surface area contributed by atoms with E-state index in [2.05, 4.69) is 38.0 Å². The molecule has 1 heterocycles. The molecule has 0 atom stereocenters. The molecule has 0 aliphatic rings. The zero-order chi connectivity index (χ0) is 14.4. The quantitative estimate of drug-likeness (QED) is 0.747. The van der Waals surface area contributed by atoms with Gasteiger partial charge in [-0.2, -0.15) is 0 Å². The van der Waals surface area contributed by atoms with Gasteiger partial charge in [-0.25, -0.2) is 0 Å². The van der Waals surface area contributed by atoms with Gasteiger partial charge in [-0.3, -0.25) is 4.79 Å². The van der Waals surface area contributed by atoms with Gasteiger partial charge in [0.15, 0.2) is 0 Å². The van der Waals surface area contributed by atoms with Gasteiger partial charge in [0.25, 0.3) is 5.91 Å². The summed E-state index contributed by atoms with van der Waals surface area (Å²) in [6.45, 7) is 0.964. The van der Waals surface area contributed by atoms with E-state index < -0.39 is 0 Å². The summed E-state index contributed by atoms with van der Waals surface area (Å²) in [7, 11) is 0. The van der Waals surface area contributed by atoms with Crippen molar-refractivity contribution in [2.75, 3.05) is 18.5 Å². The van der Waals surface area contributed by atoms with Crippen molar-refractivity contribution in [1.29, 1.82) is 0 Å². The lowest BCUT2D eigenvalue weighted by molar-refractivity contribution is 0.0945. The Labute approximate surface area is 130 Å². The van der Waals surface area contributed by atoms with Crippen LogP contribution >= 0.6 is 27.3 Å². The Morgan fingerprint density at radius 2 is 2.05 bits per heavy atom. The molecule has 1 amide bonds. The number of hydrogen-bond donors (Lipinski definition) is 3. The monoisotopic (exact) mass is 354 g/mol. The van der Waals surface area contributed by atoms with E-state index in [-0.39, 0.29) is 19.1 Å². The summed E-state index contributed by atoms with van der Waals surface area (Å²) in [5.41, 5.74) is 2.76. The first-order chi connectivity index (χ1) is 9.69. The van der Waals surface area contributed by atoms with Crippen molar-refractivity contribution < 1.29 is 9.90 Å². The summed E-state index contributed by atoms with van der Waals surface area (Å²) in [5, 5.41) is 16.7. The van der Waals surface area contributed by atoms with Crippen molar-refractivity contribution in [2.24, 2.45) is 0 Å². The number of aliphatic hydroxyl groups excluding tert-OH is 1. The van der Waals surface area contributed by atoms with Crippen molar-refractivity contribution >= 4 is 38.9 Å². The van der Waals surface area contributed by atoms with Crippen LogP contribution in [0.1, 0.15) is 15.9 Å². The summed E-state index contributed by atoms with van der Waals surface area (Å²) >= 11 is 5.09. The van der Waals surface area contributed by atoms with Crippen molar-refractivity contribution in [3.63, 3.8) is 0 Å². The lowest BCUT2D eigenvalue weighted by Crippen LogP contribution is -2.26. The minimum Gasteiger partial charge on any atom is -0.395 e. The fourth-order valence-electron chi connectivity index (χ4n) is 1.65. The van der Waals surface area contributed by atoms with Gasteiger partial charge in [0, 0.05) is 24.3 Å². The first-order valence-electron chi connectivity index (χ1n) is 6.15. The third-order valence-electron chi connectivity index (χ3n) is 2.66. The van der Waals surface area contributed by atoms with Gasteiger partial charge in [-0.15, -0.1) is 11.3 Å². The predicted molar refractivity (Wildman–Crippen MR) is 85.2 cm³/mol. The zero-order valence-corrected chi connectivity index (χ0v) is 13.1. The zero-order valence-electron chi connectivity index (χ0n) is 10.7. The molecule has 0 saturated heterocycles. The Bertz CT molecular complexity index is 569. The molecule has 6 heteroatoms. The van der Waals surface area contributed by atoms with E-state index in [1.54, 1.807) is 23.5 Å². The number of rotatable bonds is 6. The van der Waals surface area contributed by atoms with Gasteiger partial charge in [-0.1, -0.05) is 0 Å². The van der Waals surface area contributed by atoms with Crippen molar-refractivity contribution in [2.45, 2.75) is 6.54 Å². The Balaban J connectivity index is 1.89. The average Bonchev–Trinajstić information content (AvgIpc) is 2.89. The van der Waals surface area contributed by atoms with E-state index in [1.165, 1.54) is 5.56 Å². The molecule has 0 saturated carbocycles. The number of carbonyl (C=O) groups is 1. The molecule has 0 spiro atoms. The first-order valence-corrected chi connectivity index (χ1v) is 7.82. The lowest BCUT2D eigenvalue weighted by Gasteiger charge is -2.07. The van der Waals surface area contributed by atoms with Gasteiger partial charge in [0.05, 0.1) is 10.4 Å². The fourth-order valence-corrected chi connectivity index (χ4v) is 2.86. The number of thiophene rings is 1. The molecule has 20 heavy (non-hydrogen) atoms. The minimum atomic E-state index is -0.174. The summed E-state index contributed by atoms with van der Waals surface area (Å²) in [4.78, 5) is 11.7. The van der Waals surface area contributed by atoms with Crippen LogP contribution in [-0.2, 0) is 6.54 Å². The number of benzene rings is 1. The molecule has 0 aliphatic heterocycles. The van der Waals surface area contributed by atoms with E-state index in [4.69, 9.17) is 5.11 Å². The first kappa shape index (κ1) is 15.0. The lowest BCUT2D eigenvalue weighted by atomic mass is 10.2. The SMILES string of the molecule is O=C(NCCO)c1ccc(NCc2csc(Br)c2)cc1. The molecule has 0 radical (unpaired) electrons. The highest BCUT2D eigenvalue weighted by atomic mass is 79.9. The molecule has 1 aromatic heterocycles. The molecule has 0 bridgehead atoms. The largest absolute Gasteiger partial charge is 0.395 e. The fraction of sp³-hybridized carbons (Fsp3) is 0.214. The van der Waals surface area contributed by atoms with Gasteiger partial charge in [0.1, 0.15) is 0 Å². The van der Waals surface area contributed by atoms with Gasteiger partial charge in [-0.05, 0) is 57.2 Å². The maximum absolute atomic E-state index is 11.7. The van der Waals surface area contributed by atoms with E-state index in [0.717, 1.165) is 16.0 Å². The Kier molecular flexibility index (Phi) is 5.58. The molecule has 0 fully saturated rings. The van der Waals surface area contributed by atoms with Crippen LogP contribution < -0.4 is 10.6 Å². The molecule has 0 unspecified atom stereocenters. The third-order valence-corrected chi connectivity index (χ3v) is 4.22. The number of carbonyl (C=O) groups excluding carboxylic acids is 1. The van der Waals surface area contributed by atoms with Crippen LogP contribution in [0.25, 0.3) is 0 Å². The number of hydrogen-bond acceptors (Lipinski definition) is 4. The smallest absolute Gasteiger partial charge is 0.251 e. The van der Waals surface area contributed by atoms with Crippen LogP contribution in [0.2, 0.25) is 0 Å². The van der Waals surface area contributed by atoms with E-state index >= 15 is 0 Å². The van der Waals surface area contributed by atoms with Crippen molar-refractivity contribution in [3.05, 3.63) is 50.6 Å². The van der Waals surface area contributed by atoms with Gasteiger partial charge >= 0.3 is 0 Å². The highest BCUT2D eigenvalue weighted by Gasteiger charge is 2.04. The molecule has 1 aromatic carbocycles. The molecule has 2 rings (SSSR count). The molecule has 3 N–H and O–H groups in total. The molecular formula is C14H15BrN2O2S. The maximum atomic E-state index is 11.7. The summed E-state index contributed by atoms with van der Waals surface area (Å²) < 4.78 is 1.12. The van der Waals surface area contributed by atoms with E-state index in [9.17, 15) is 4.79 Å². The Hall–Kier alpha value is -1.37. The maximum Gasteiger partial charge on any atom is 0.251 e. The normalized spacial score (nSPS) is 10.3. The second-order valence-corrected chi connectivity index (χ2v) is 6.46. The number of halogens is 1. The topological polar surface area (TPSA) is 61.4 Å². The van der Waals surface area contributed by atoms with E-state index in [1.807, 2.05) is 12.1 Å². The molecule has 106 valence electrons. The molecular weight excluding hydrogens is 340 g/mol. The molecule has 4 nitrogen and oxygen atoms in total. The number of nitrogens with one attached hydrogen (secondary N) is 2. The Morgan fingerprint density at radius 3 is 2.65 bits per heavy atom. The summed E-state index contributed by atoms with van der Waals surface area (Å²) in [6.07, 6.45) is 0. The summed E-state index contributed by atoms with van der Waals surface area (Å²) in [6, 6.07) is 9.34. The summed E-state index contributed by atoms with van der Waals surface area (Å²) in [5.74, 6) is -0.174. The van der Waals surface area contributed by atoms with Crippen LogP contribution in [-0.4, -0.2) is 24.2 Å². The second kappa shape index (κ2) is 7.42. The minimum absolute atomic E-state index is 0.0540. The van der Waals surface area contributed by atoms with Crippen LogP contribution in [0, 0.1) is 0 Å². The van der Waals surface area contributed by atoms with Crippen LogP contribution in [0.5, 0.6) is 0 Å². The third kappa shape index (κ3) is 4.33. The van der Waals surface area contributed by atoms with Crippen LogP contribution in [0.3, 0.4) is 0 Å². The van der Waals surface area contributed by atoms with Gasteiger partial charge in [0.2, 0.25) is 0 Å². The average molecular weight is 355 g/mol. The van der Waals surface area contributed by atoms with E-state index in [0.29, 0.717) is 5.56 Å². The highest BCUT2D eigenvalue weighted by Crippen LogP contribution is 2.21. The van der Waals surface area contributed by atoms with Crippen LogP contribution in [0.4, 0.5) is 5.69 Å². The van der Waals surface area contributed by atoms with Crippen molar-refractivity contribution in [3.8, 4) is 0 Å². The van der Waals surface area contributed by atoms with Crippen LogP contribution in [0.15, 0.2) is 39.5 Å². The molecule has 0 aliphatic carbocycles. The predicted octanol–water partition coefficient (Wildman–Crippen LogP) is 2.84. The standard InChI is InChI=1S/C14H15BrN2O2S/c15-13-7-10(9-20-13)8-17-12-3-1-11(2-4-12)14(19)16-5-6-18/h1-4,7,9,17-18H,5-6,8H2,(H,16,19).